The standard InChI is InChI=1S/C21H22N2O9/c1-29-19-12-14(5-9-20(25)30-10-2-3-11-31-23(27)28)4-8-18(19)32-21(26)16-13-15(22)6-7-17(16)24/h4-9,12-13,24H,2-3,10-11,22H2,1H3/b9-5+. The Balaban J connectivity index is 1.93. The number of esters is 2. The number of nitrogens with zero attached hydrogens (tertiary/aromatic N) is 1. The SMILES string of the molecule is COc1cc(/C=C/C(=O)OCCCCO[N+](=O)[O-])ccc1OC(=O)c1cc(N)ccc1O. The maximum atomic E-state index is 12.3. The first kappa shape index (κ1) is 24.0. The first-order chi connectivity index (χ1) is 15.3. The van der Waals surface area contributed by atoms with Gasteiger partial charge in [-0.3, -0.25) is 0 Å². The van der Waals surface area contributed by atoms with Crippen LogP contribution in [0.3, 0.4) is 0 Å². The molecule has 0 heterocycles. The Bertz CT molecular complexity index is 1000. The number of anilines is 1. The Morgan fingerprint density at radius 2 is 1.88 bits per heavy atom. The quantitative estimate of drug-likeness (QED) is 0.0767. The van der Waals surface area contributed by atoms with Gasteiger partial charge in [0.25, 0.3) is 5.09 Å². The number of unbranched alkanes of at least 4 members (excludes halogenated alkanes) is 1. The van der Waals surface area contributed by atoms with Gasteiger partial charge in [0.15, 0.2) is 11.5 Å². The molecule has 0 aliphatic carbocycles. The van der Waals surface area contributed by atoms with E-state index in [1.54, 1.807) is 12.1 Å². The van der Waals surface area contributed by atoms with Crippen molar-refractivity contribution in [2.75, 3.05) is 26.1 Å². The number of nitrogen functional groups attached to an aromatic ring is 1. The van der Waals surface area contributed by atoms with Gasteiger partial charge in [0.05, 0.1) is 20.3 Å². The summed E-state index contributed by atoms with van der Waals surface area (Å²) in [6.07, 6.45) is 3.49. The number of carbonyl (C=O) groups is 2. The summed E-state index contributed by atoms with van der Waals surface area (Å²) < 4.78 is 15.5. The highest BCUT2D eigenvalue weighted by Gasteiger charge is 2.16. The molecule has 2 aromatic rings. The van der Waals surface area contributed by atoms with Gasteiger partial charge < -0.3 is 29.9 Å². The molecule has 3 N–H and O–H groups in total. The summed E-state index contributed by atoms with van der Waals surface area (Å²) in [6, 6.07) is 8.63. The van der Waals surface area contributed by atoms with E-state index in [1.165, 1.54) is 43.5 Å². The number of phenols is 1. The number of aromatic hydroxyl groups is 1. The van der Waals surface area contributed by atoms with Crippen LogP contribution in [0.5, 0.6) is 17.2 Å². The van der Waals surface area contributed by atoms with Crippen molar-refractivity contribution in [3.05, 3.63) is 63.7 Å². The van der Waals surface area contributed by atoms with E-state index in [9.17, 15) is 24.8 Å². The van der Waals surface area contributed by atoms with E-state index in [1.807, 2.05) is 0 Å². The van der Waals surface area contributed by atoms with Gasteiger partial charge in [-0.05, 0) is 54.8 Å². The summed E-state index contributed by atoms with van der Waals surface area (Å²) in [5, 5.41) is 19.0. The fourth-order valence-corrected chi connectivity index (χ4v) is 2.47. The molecular formula is C21H22N2O9. The Hall–Kier alpha value is -4.28. The topological polar surface area (TPSA) is 160 Å². The normalized spacial score (nSPS) is 10.5. The average molecular weight is 446 g/mol. The van der Waals surface area contributed by atoms with Crippen LogP contribution in [0.1, 0.15) is 28.8 Å². The van der Waals surface area contributed by atoms with Gasteiger partial charge >= 0.3 is 11.9 Å². The van der Waals surface area contributed by atoms with E-state index in [2.05, 4.69) is 4.84 Å². The summed E-state index contributed by atoms with van der Waals surface area (Å²) in [7, 11) is 1.38. The summed E-state index contributed by atoms with van der Waals surface area (Å²) in [5.41, 5.74) is 6.41. The number of methoxy groups -OCH3 is 1. The lowest BCUT2D eigenvalue weighted by molar-refractivity contribution is -0.757. The molecule has 0 fully saturated rings. The predicted octanol–water partition coefficient (Wildman–Crippen LogP) is 2.75. The van der Waals surface area contributed by atoms with Gasteiger partial charge in [-0.25, -0.2) is 9.59 Å². The lowest BCUT2D eigenvalue weighted by Gasteiger charge is -2.11. The number of benzene rings is 2. The molecule has 0 radical (unpaired) electrons. The van der Waals surface area contributed by atoms with Crippen molar-refractivity contribution in [1.29, 1.82) is 0 Å². The Kier molecular flexibility index (Phi) is 8.84. The highest BCUT2D eigenvalue weighted by Crippen LogP contribution is 2.30. The molecule has 0 saturated heterocycles. The van der Waals surface area contributed by atoms with Gasteiger partial charge in [-0.15, -0.1) is 10.1 Å². The highest BCUT2D eigenvalue weighted by molar-refractivity contribution is 5.95. The number of phenolic OH excluding ortho intramolecular Hbond substituents is 1. The summed E-state index contributed by atoms with van der Waals surface area (Å²) in [6.45, 7) is 0.0354. The van der Waals surface area contributed by atoms with Gasteiger partial charge in [-0.2, -0.15) is 0 Å². The minimum atomic E-state index is -0.878. The smallest absolute Gasteiger partial charge is 0.347 e. The average Bonchev–Trinajstić information content (AvgIpc) is 2.76. The summed E-state index contributed by atoms with van der Waals surface area (Å²) in [4.78, 5) is 38.3. The minimum Gasteiger partial charge on any atom is -0.507 e. The molecule has 11 nitrogen and oxygen atoms in total. The molecule has 11 heteroatoms. The second-order valence-corrected chi connectivity index (χ2v) is 6.34. The predicted molar refractivity (Wildman–Crippen MR) is 113 cm³/mol. The number of ether oxygens (including phenoxy) is 3. The van der Waals surface area contributed by atoms with Gasteiger partial charge in [0.2, 0.25) is 0 Å². The molecule has 32 heavy (non-hydrogen) atoms. The number of rotatable bonds is 11. The zero-order chi connectivity index (χ0) is 23.5. The van der Waals surface area contributed by atoms with E-state index in [0.717, 1.165) is 0 Å². The molecular weight excluding hydrogens is 424 g/mol. The molecule has 0 saturated carbocycles. The lowest BCUT2D eigenvalue weighted by atomic mass is 10.1. The number of nitrogens with two attached hydrogens (primary N) is 1. The Morgan fingerprint density at radius 1 is 1.12 bits per heavy atom. The van der Waals surface area contributed by atoms with Gasteiger partial charge in [-0.1, -0.05) is 6.07 Å². The van der Waals surface area contributed by atoms with Crippen molar-refractivity contribution < 1.29 is 38.8 Å². The van der Waals surface area contributed by atoms with Gasteiger partial charge in [0.1, 0.15) is 11.3 Å². The van der Waals surface area contributed by atoms with Crippen LogP contribution in [0, 0.1) is 10.1 Å². The molecule has 2 rings (SSSR count). The third-order valence-electron chi connectivity index (χ3n) is 4.02. The first-order valence-corrected chi connectivity index (χ1v) is 9.41. The molecule has 170 valence electrons. The molecule has 0 aliphatic rings. The third-order valence-corrected chi connectivity index (χ3v) is 4.02. The maximum absolute atomic E-state index is 12.3. The van der Waals surface area contributed by atoms with Crippen LogP contribution in [0.25, 0.3) is 6.08 Å². The molecule has 0 aromatic heterocycles. The van der Waals surface area contributed by atoms with Crippen LogP contribution in [-0.2, 0) is 14.4 Å². The van der Waals surface area contributed by atoms with Crippen LogP contribution in [-0.4, -0.2) is 42.5 Å². The molecule has 2 aromatic carbocycles. The molecule has 0 amide bonds. The zero-order valence-corrected chi connectivity index (χ0v) is 17.2. The van der Waals surface area contributed by atoms with Gasteiger partial charge in [0, 0.05) is 11.8 Å². The van der Waals surface area contributed by atoms with Crippen LogP contribution in [0.15, 0.2) is 42.5 Å². The van der Waals surface area contributed by atoms with E-state index >= 15 is 0 Å². The van der Waals surface area contributed by atoms with E-state index in [4.69, 9.17) is 19.9 Å². The van der Waals surface area contributed by atoms with E-state index < -0.39 is 17.0 Å². The zero-order valence-electron chi connectivity index (χ0n) is 17.2. The number of hydrogen-bond acceptors (Lipinski definition) is 10. The largest absolute Gasteiger partial charge is 0.507 e. The van der Waals surface area contributed by atoms with Crippen molar-refractivity contribution in [3.63, 3.8) is 0 Å². The fourth-order valence-electron chi connectivity index (χ4n) is 2.47. The highest BCUT2D eigenvalue weighted by atomic mass is 16.9. The number of hydrogen-bond donors (Lipinski definition) is 2. The van der Waals surface area contributed by atoms with Crippen molar-refractivity contribution in [2.45, 2.75) is 12.8 Å². The van der Waals surface area contributed by atoms with Crippen LogP contribution >= 0.6 is 0 Å². The molecule has 0 aliphatic heterocycles. The van der Waals surface area contributed by atoms with Crippen LogP contribution < -0.4 is 15.2 Å². The van der Waals surface area contributed by atoms with E-state index in [0.29, 0.717) is 24.1 Å². The minimum absolute atomic E-state index is 0.0611. The van der Waals surface area contributed by atoms with Crippen molar-refractivity contribution in [2.24, 2.45) is 0 Å². The van der Waals surface area contributed by atoms with Crippen LogP contribution in [0.2, 0.25) is 0 Å². The van der Waals surface area contributed by atoms with Crippen molar-refractivity contribution in [3.8, 4) is 17.2 Å². The van der Waals surface area contributed by atoms with Crippen LogP contribution in [0.4, 0.5) is 5.69 Å². The third kappa shape index (κ3) is 7.52. The molecule has 0 atom stereocenters. The summed E-state index contributed by atoms with van der Waals surface area (Å²) >= 11 is 0. The van der Waals surface area contributed by atoms with Crippen molar-refractivity contribution >= 4 is 23.7 Å². The Morgan fingerprint density at radius 3 is 2.59 bits per heavy atom. The van der Waals surface area contributed by atoms with Crippen molar-refractivity contribution in [1.82, 2.24) is 0 Å². The second-order valence-electron chi connectivity index (χ2n) is 6.34. The fraction of sp³-hybridized carbons (Fsp3) is 0.238. The lowest BCUT2D eigenvalue weighted by Crippen LogP contribution is -2.10. The maximum Gasteiger partial charge on any atom is 0.347 e. The molecule has 0 unspecified atom stereocenters. The second kappa shape index (κ2) is 11.8. The molecule has 0 spiro atoms. The number of carbonyl (C=O) groups excluding carboxylic acids is 2. The van der Waals surface area contributed by atoms with E-state index in [-0.39, 0.29) is 36.0 Å². The summed E-state index contributed by atoms with van der Waals surface area (Å²) in [5.74, 6) is -1.35. The first-order valence-electron chi connectivity index (χ1n) is 9.41. The Labute approximate surface area is 183 Å². The molecule has 0 bridgehead atoms. The monoisotopic (exact) mass is 446 g/mol.